The van der Waals surface area contributed by atoms with Gasteiger partial charge >= 0.3 is 5.97 Å². The Morgan fingerprint density at radius 3 is 2.88 bits per heavy atom. The predicted molar refractivity (Wildman–Crippen MR) is 56.1 cm³/mol. The summed E-state index contributed by atoms with van der Waals surface area (Å²) in [5.41, 5.74) is 0. The minimum atomic E-state index is -3.45. The van der Waals surface area contributed by atoms with E-state index < -0.39 is 16.2 Å². The molecule has 1 saturated heterocycles. The first-order valence-electron chi connectivity index (χ1n) is 4.91. The Morgan fingerprint density at radius 1 is 1.62 bits per heavy atom. The molecule has 16 heavy (non-hydrogen) atoms. The lowest BCUT2D eigenvalue weighted by molar-refractivity contribution is -0.138. The van der Waals surface area contributed by atoms with Crippen molar-refractivity contribution in [3.8, 4) is 0 Å². The molecule has 94 valence electrons. The molecule has 1 fully saturated rings. The van der Waals surface area contributed by atoms with Gasteiger partial charge in [0.15, 0.2) is 0 Å². The number of nitrogens with zero attached hydrogens (tertiary/aromatic N) is 1. The van der Waals surface area contributed by atoms with Gasteiger partial charge in [-0.15, -0.1) is 0 Å². The first-order valence-corrected chi connectivity index (χ1v) is 6.35. The monoisotopic (exact) mass is 252 g/mol. The quantitative estimate of drug-likeness (QED) is 0.645. The zero-order chi connectivity index (χ0) is 12.2. The number of carboxylic acids is 1. The van der Waals surface area contributed by atoms with Crippen LogP contribution in [0.15, 0.2) is 0 Å². The van der Waals surface area contributed by atoms with E-state index in [1.807, 2.05) is 0 Å². The predicted octanol–water partition coefficient (Wildman–Crippen LogP) is -1.13. The molecule has 0 aliphatic carbocycles. The second kappa shape index (κ2) is 5.58. The van der Waals surface area contributed by atoms with Gasteiger partial charge < -0.3 is 9.84 Å². The van der Waals surface area contributed by atoms with E-state index in [1.54, 1.807) is 0 Å². The number of hydrogen-bond donors (Lipinski definition) is 2. The van der Waals surface area contributed by atoms with Crippen LogP contribution in [0.3, 0.4) is 0 Å². The molecule has 1 rings (SSSR count). The summed E-state index contributed by atoms with van der Waals surface area (Å²) in [4.78, 5) is 10.5. The van der Waals surface area contributed by atoms with Gasteiger partial charge in [0, 0.05) is 26.7 Å². The topological polar surface area (TPSA) is 95.9 Å². The number of rotatable bonds is 5. The van der Waals surface area contributed by atoms with Gasteiger partial charge in [-0.25, -0.2) is 4.72 Å². The van der Waals surface area contributed by atoms with Crippen LogP contribution >= 0.6 is 0 Å². The molecule has 2 N–H and O–H groups in total. The molecule has 0 aromatic rings. The number of hydrogen-bond acceptors (Lipinski definition) is 4. The standard InChI is InChI=1S/C8H16N2O5S/c1-15-3-2-10-6-7(4-8(11)12)5-9-16(10,13)14/h7,9H,2-6H2,1H3,(H,11,12). The van der Waals surface area contributed by atoms with Crippen LogP contribution in [-0.2, 0) is 19.7 Å². The third-order valence-electron chi connectivity index (χ3n) is 2.36. The fourth-order valence-corrected chi connectivity index (χ4v) is 2.90. The molecular formula is C8H16N2O5S. The second-order valence-corrected chi connectivity index (χ2v) is 5.42. The van der Waals surface area contributed by atoms with Gasteiger partial charge in [-0.2, -0.15) is 12.7 Å². The number of nitrogens with one attached hydrogen (secondary N) is 1. The van der Waals surface area contributed by atoms with Gasteiger partial charge in [0.25, 0.3) is 10.2 Å². The molecule has 7 nitrogen and oxygen atoms in total. The van der Waals surface area contributed by atoms with Gasteiger partial charge in [-0.05, 0) is 5.92 Å². The first-order chi connectivity index (χ1) is 7.45. The van der Waals surface area contributed by atoms with Crippen molar-refractivity contribution in [2.45, 2.75) is 6.42 Å². The lowest BCUT2D eigenvalue weighted by atomic mass is 10.1. The minimum Gasteiger partial charge on any atom is -0.481 e. The molecule has 1 heterocycles. The molecule has 0 aromatic carbocycles. The Balaban J connectivity index is 2.59. The highest BCUT2D eigenvalue weighted by atomic mass is 32.2. The van der Waals surface area contributed by atoms with Crippen molar-refractivity contribution in [1.82, 2.24) is 9.03 Å². The third-order valence-corrected chi connectivity index (χ3v) is 3.91. The molecule has 1 unspecified atom stereocenters. The summed E-state index contributed by atoms with van der Waals surface area (Å²) in [5, 5.41) is 8.64. The molecule has 0 amide bonds. The first kappa shape index (κ1) is 13.4. The van der Waals surface area contributed by atoms with E-state index in [4.69, 9.17) is 9.84 Å². The summed E-state index contributed by atoms with van der Waals surface area (Å²) in [7, 11) is -1.97. The smallest absolute Gasteiger partial charge is 0.303 e. The van der Waals surface area contributed by atoms with Gasteiger partial charge in [-0.3, -0.25) is 4.79 Å². The van der Waals surface area contributed by atoms with Crippen LogP contribution in [0.1, 0.15) is 6.42 Å². The Hall–Kier alpha value is -0.700. The lowest BCUT2D eigenvalue weighted by Crippen LogP contribution is -2.52. The van der Waals surface area contributed by atoms with Gasteiger partial charge in [0.1, 0.15) is 0 Å². The van der Waals surface area contributed by atoms with E-state index in [0.717, 1.165) is 0 Å². The van der Waals surface area contributed by atoms with Gasteiger partial charge in [-0.1, -0.05) is 0 Å². The van der Waals surface area contributed by atoms with E-state index in [-0.39, 0.29) is 32.0 Å². The van der Waals surface area contributed by atoms with Crippen molar-refractivity contribution >= 4 is 16.2 Å². The van der Waals surface area contributed by atoms with E-state index in [2.05, 4.69) is 4.72 Å². The lowest BCUT2D eigenvalue weighted by Gasteiger charge is -2.31. The third kappa shape index (κ3) is 3.71. The van der Waals surface area contributed by atoms with E-state index in [0.29, 0.717) is 6.61 Å². The average molecular weight is 252 g/mol. The van der Waals surface area contributed by atoms with E-state index >= 15 is 0 Å². The summed E-state index contributed by atoms with van der Waals surface area (Å²) in [6.45, 7) is 0.936. The second-order valence-electron chi connectivity index (χ2n) is 3.67. The number of methoxy groups -OCH3 is 1. The molecule has 0 saturated carbocycles. The largest absolute Gasteiger partial charge is 0.481 e. The van der Waals surface area contributed by atoms with Crippen molar-refractivity contribution in [2.24, 2.45) is 5.92 Å². The van der Waals surface area contributed by atoms with Gasteiger partial charge in [0.05, 0.1) is 13.0 Å². The van der Waals surface area contributed by atoms with Crippen molar-refractivity contribution in [1.29, 1.82) is 0 Å². The average Bonchev–Trinajstić information content (AvgIpc) is 2.18. The Labute approximate surface area is 94.6 Å². The van der Waals surface area contributed by atoms with Crippen molar-refractivity contribution in [3.63, 3.8) is 0 Å². The Bertz CT molecular complexity index is 342. The number of aliphatic carboxylic acids is 1. The van der Waals surface area contributed by atoms with Crippen LogP contribution in [0.5, 0.6) is 0 Å². The fourth-order valence-electron chi connectivity index (χ4n) is 1.55. The zero-order valence-corrected chi connectivity index (χ0v) is 9.87. The molecular weight excluding hydrogens is 236 g/mol. The summed E-state index contributed by atoms with van der Waals surface area (Å²) in [5.74, 6) is -1.12. The summed E-state index contributed by atoms with van der Waals surface area (Å²) in [6.07, 6.45) is -0.0357. The van der Waals surface area contributed by atoms with Crippen molar-refractivity contribution in [3.05, 3.63) is 0 Å². The van der Waals surface area contributed by atoms with Gasteiger partial charge in [0.2, 0.25) is 0 Å². The van der Waals surface area contributed by atoms with Crippen LogP contribution in [0, 0.1) is 5.92 Å². The van der Waals surface area contributed by atoms with Crippen LogP contribution in [0.25, 0.3) is 0 Å². The molecule has 0 spiro atoms. The maximum absolute atomic E-state index is 11.5. The molecule has 8 heteroatoms. The SMILES string of the molecule is COCCN1CC(CC(=O)O)CNS1(=O)=O. The number of ether oxygens (including phenoxy) is 1. The van der Waals surface area contributed by atoms with Crippen LogP contribution < -0.4 is 4.72 Å². The molecule has 0 radical (unpaired) electrons. The normalized spacial score (nSPS) is 25.4. The van der Waals surface area contributed by atoms with E-state index in [1.165, 1.54) is 11.4 Å². The number of carboxylic acid groups (broad SMARTS) is 1. The summed E-state index contributed by atoms with van der Waals surface area (Å²) < 4.78 is 31.4. The summed E-state index contributed by atoms with van der Waals surface area (Å²) >= 11 is 0. The summed E-state index contributed by atoms with van der Waals surface area (Å²) in [6, 6.07) is 0. The maximum Gasteiger partial charge on any atom is 0.303 e. The maximum atomic E-state index is 11.5. The molecule has 1 aliphatic rings. The zero-order valence-electron chi connectivity index (χ0n) is 9.05. The molecule has 0 aromatic heterocycles. The highest BCUT2D eigenvalue weighted by Gasteiger charge is 2.31. The van der Waals surface area contributed by atoms with Crippen LogP contribution in [0.2, 0.25) is 0 Å². The highest BCUT2D eigenvalue weighted by molar-refractivity contribution is 7.87. The highest BCUT2D eigenvalue weighted by Crippen LogP contribution is 2.14. The Morgan fingerprint density at radius 2 is 2.31 bits per heavy atom. The van der Waals surface area contributed by atoms with Crippen LogP contribution in [-0.4, -0.2) is 57.1 Å². The minimum absolute atomic E-state index is 0.0357. The number of carbonyl (C=O) groups is 1. The van der Waals surface area contributed by atoms with E-state index in [9.17, 15) is 13.2 Å². The van der Waals surface area contributed by atoms with Crippen molar-refractivity contribution in [2.75, 3.05) is 33.4 Å². The van der Waals surface area contributed by atoms with Crippen LogP contribution in [0.4, 0.5) is 0 Å². The van der Waals surface area contributed by atoms with Crippen molar-refractivity contribution < 1.29 is 23.1 Å². The molecule has 0 bridgehead atoms. The Kier molecular flexibility index (Phi) is 4.66. The molecule has 1 atom stereocenters. The molecule has 1 aliphatic heterocycles. The fraction of sp³-hybridized carbons (Fsp3) is 0.875.